The van der Waals surface area contributed by atoms with E-state index in [2.05, 4.69) is 0 Å². The normalized spacial score (nSPS) is 20.6. The van der Waals surface area contributed by atoms with Gasteiger partial charge in [-0.05, 0) is 24.6 Å². The van der Waals surface area contributed by atoms with E-state index >= 15 is 0 Å². The van der Waals surface area contributed by atoms with Crippen molar-refractivity contribution in [2.24, 2.45) is 0 Å². The summed E-state index contributed by atoms with van der Waals surface area (Å²) in [6, 6.07) is 7.23. The molecule has 10 nitrogen and oxygen atoms in total. The molecule has 0 saturated carbocycles. The number of nitrogens with zero attached hydrogens (tertiary/aromatic N) is 2. The summed E-state index contributed by atoms with van der Waals surface area (Å²) in [4.78, 5) is 40.2. The first-order valence-electron chi connectivity index (χ1n) is 9.94. The number of ether oxygens (including phenoxy) is 3. The molecule has 0 fully saturated rings. The second-order valence-electron chi connectivity index (χ2n) is 7.79. The third kappa shape index (κ3) is 2.51. The average Bonchev–Trinajstić information content (AvgIpc) is 3.36. The van der Waals surface area contributed by atoms with Gasteiger partial charge in [0.05, 0.1) is 29.0 Å². The van der Waals surface area contributed by atoms with Crippen LogP contribution in [0.25, 0.3) is 22.3 Å². The summed E-state index contributed by atoms with van der Waals surface area (Å²) in [6.45, 7) is 1.85. The molecule has 162 valence electrons. The number of aromatic nitrogens is 2. The number of benzene rings is 1. The zero-order chi connectivity index (χ0) is 22.2. The molecule has 0 aliphatic carbocycles. The van der Waals surface area contributed by atoms with Crippen LogP contribution in [0.5, 0.6) is 11.5 Å². The molecule has 32 heavy (non-hydrogen) atoms. The van der Waals surface area contributed by atoms with Crippen molar-refractivity contribution in [1.82, 2.24) is 9.55 Å². The molecule has 0 saturated heterocycles. The molecule has 0 spiro atoms. The monoisotopic (exact) mass is 455 g/mol. The van der Waals surface area contributed by atoms with Gasteiger partial charge in [0, 0.05) is 27.1 Å². The van der Waals surface area contributed by atoms with Gasteiger partial charge in [0.2, 0.25) is 12.4 Å². The minimum absolute atomic E-state index is 0.0187. The summed E-state index contributed by atoms with van der Waals surface area (Å²) < 4.78 is 34.4. The van der Waals surface area contributed by atoms with E-state index in [1.807, 2.05) is 12.1 Å². The van der Waals surface area contributed by atoms with E-state index in [-0.39, 0.29) is 36.5 Å². The van der Waals surface area contributed by atoms with Crippen molar-refractivity contribution in [3.05, 3.63) is 51.3 Å². The lowest BCUT2D eigenvalue weighted by Crippen LogP contribution is -2.45. The van der Waals surface area contributed by atoms with Crippen LogP contribution in [0.1, 0.15) is 30.0 Å². The Balaban J connectivity index is 1.59. The van der Waals surface area contributed by atoms with Gasteiger partial charge in [0.25, 0.3) is 5.56 Å². The molecule has 1 N–H and O–H groups in total. The molecule has 1 unspecified atom stereocenters. The lowest BCUT2D eigenvalue weighted by atomic mass is 9.86. The largest absolute Gasteiger partial charge is 0.696 e. The Morgan fingerprint density at radius 2 is 1.97 bits per heavy atom. The van der Waals surface area contributed by atoms with Crippen molar-refractivity contribution in [3.8, 4) is 22.9 Å². The maximum Gasteiger partial charge on any atom is 0.696 e. The van der Waals surface area contributed by atoms with Gasteiger partial charge in [0.1, 0.15) is 6.61 Å². The molecular weight excluding hydrogens is 439 g/mol. The Kier molecular flexibility index (Phi) is 3.98. The van der Waals surface area contributed by atoms with Crippen LogP contribution in [0.4, 0.5) is 0 Å². The fourth-order valence-corrected chi connectivity index (χ4v) is 5.21. The van der Waals surface area contributed by atoms with Gasteiger partial charge in [-0.2, -0.15) is 0 Å². The number of fused-ring (bicyclic) bond motifs is 6. The van der Waals surface area contributed by atoms with Gasteiger partial charge < -0.3 is 18.8 Å². The third-order valence-corrected chi connectivity index (χ3v) is 6.67. The van der Waals surface area contributed by atoms with Crippen LogP contribution in [-0.4, -0.2) is 27.2 Å². The van der Waals surface area contributed by atoms with E-state index in [1.165, 1.54) is 0 Å². The Labute approximate surface area is 181 Å². The molecule has 6 rings (SSSR count). The molecule has 2 atom stereocenters. The van der Waals surface area contributed by atoms with Gasteiger partial charge in [-0.1, -0.05) is 11.4 Å². The Morgan fingerprint density at radius 3 is 2.72 bits per heavy atom. The molecule has 0 amide bonds. The van der Waals surface area contributed by atoms with Gasteiger partial charge in [0.15, 0.2) is 11.5 Å². The Morgan fingerprint density at radius 1 is 1.19 bits per heavy atom. The van der Waals surface area contributed by atoms with Gasteiger partial charge in [-0.3, -0.25) is 4.79 Å². The zero-order valence-corrected chi connectivity index (χ0v) is 17.7. The minimum Gasteiger partial charge on any atom is -0.458 e. The average molecular weight is 455 g/mol. The summed E-state index contributed by atoms with van der Waals surface area (Å²) in [5.41, 5.74) is 0.880. The van der Waals surface area contributed by atoms with Crippen molar-refractivity contribution in [1.29, 1.82) is 0 Å². The van der Waals surface area contributed by atoms with Gasteiger partial charge in [-0.15, -0.1) is 4.89 Å². The van der Waals surface area contributed by atoms with Crippen molar-refractivity contribution in [2.45, 2.75) is 32.1 Å². The molecule has 0 bridgehead atoms. The van der Waals surface area contributed by atoms with Gasteiger partial charge >= 0.3 is 14.2 Å². The quantitative estimate of drug-likeness (QED) is 0.366. The predicted molar refractivity (Wildman–Crippen MR) is 109 cm³/mol. The first kappa shape index (κ1) is 19.4. The highest BCUT2D eigenvalue weighted by Crippen LogP contribution is 2.45. The number of carbonyl (C=O) groups excluding carboxylic acids is 1. The maximum atomic E-state index is 13.3. The topological polar surface area (TPSA) is 126 Å². The molecule has 11 heteroatoms. The fourth-order valence-electron chi connectivity index (χ4n) is 4.65. The second kappa shape index (κ2) is 6.59. The third-order valence-electron chi connectivity index (χ3n) is 6.20. The number of pyridine rings is 2. The summed E-state index contributed by atoms with van der Waals surface area (Å²) in [6.07, 6.45) is 0.0187. The number of carbonyl (C=O) groups is 1. The maximum absolute atomic E-state index is 13.3. The summed E-state index contributed by atoms with van der Waals surface area (Å²) in [5, 5.41) is 0.848. The van der Waals surface area contributed by atoms with Crippen LogP contribution in [0.15, 0.2) is 29.1 Å². The Bertz CT molecular complexity index is 1430. The van der Waals surface area contributed by atoms with Crippen LogP contribution in [0.3, 0.4) is 0 Å². The van der Waals surface area contributed by atoms with E-state index in [0.717, 1.165) is 10.9 Å². The highest BCUT2D eigenvalue weighted by Gasteiger charge is 2.54. The number of hydrogen-bond acceptors (Lipinski definition) is 8. The molecule has 3 aliphatic heterocycles. The number of cyclic esters (lactones) is 1. The summed E-state index contributed by atoms with van der Waals surface area (Å²) in [7, 11) is -3.12. The summed E-state index contributed by atoms with van der Waals surface area (Å²) >= 11 is 0. The predicted octanol–water partition coefficient (Wildman–Crippen LogP) is 2.48. The SMILES string of the molecule is CC[C@@]1(O[P+](=O)O)C(=O)OCc2c1cc1n(c2=O)Cc2cc3cc4c(cc3nc2-1)OCO4. The first-order chi connectivity index (χ1) is 15.4. The van der Waals surface area contributed by atoms with Crippen LogP contribution in [-0.2, 0) is 37.4 Å². The molecule has 1 aromatic carbocycles. The van der Waals surface area contributed by atoms with E-state index in [0.29, 0.717) is 34.9 Å². The van der Waals surface area contributed by atoms with E-state index in [4.69, 9.17) is 23.7 Å². The lowest BCUT2D eigenvalue weighted by Gasteiger charge is -2.31. The number of esters is 1. The summed E-state index contributed by atoms with van der Waals surface area (Å²) in [5.74, 6) is 0.436. The van der Waals surface area contributed by atoms with Crippen molar-refractivity contribution in [3.63, 3.8) is 0 Å². The molecule has 5 heterocycles. The standard InChI is InChI=1S/C21H15N2O8P/c1-2-21(31-32(26)27)13-5-15-18-11(7-23(15)19(24)12(13)8-28-20(21)25)3-10-4-16-17(30-9-29-16)6-14(10)22-18/h3-6H,2,7-9H2,1H3/p+1/t21-/m0/s1. The second-order valence-corrected chi connectivity index (χ2v) is 8.45. The molecule has 2 aromatic heterocycles. The van der Waals surface area contributed by atoms with Crippen LogP contribution in [0, 0.1) is 0 Å². The Hall–Kier alpha value is -3.33. The van der Waals surface area contributed by atoms with E-state index in [1.54, 1.807) is 23.6 Å². The molecule has 3 aromatic rings. The van der Waals surface area contributed by atoms with Crippen LogP contribution >= 0.6 is 8.25 Å². The van der Waals surface area contributed by atoms with Crippen molar-refractivity contribution >= 4 is 25.1 Å². The van der Waals surface area contributed by atoms with Gasteiger partial charge in [-0.25, -0.2) is 9.78 Å². The first-order valence-corrected chi connectivity index (χ1v) is 11.1. The molecular formula is C21H16N2O8P+. The molecule has 3 aliphatic rings. The number of hydrogen-bond donors (Lipinski definition) is 1. The van der Waals surface area contributed by atoms with E-state index < -0.39 is 19.8 Å². The highest BCUT2D eigenvalue weighted by molar-refractivity contribution is 7.32. The smallest absolute Gasteiger partial charge is 0.458 e. The number of rotatable bonds is 3. The fraction of sp³-hybridized carbons (Fsp3) is 0.286. The minimum atomic E-state index is -3.12. The highest BCUT2D eigenvalue weighted by atomic mass is 31.1. The van der Waals surface area contributed by atoms with Crippen LogP contribution < -0.4 is 15.0 Å². The lowest BCUT2D eigenvalue weighted by molar-refractivity contribution is -0.169. The van der Waals surface area contributed by atoms with E-state index in [9.17, 15) is 19.0 Å². The zero-order valence-electron chi connectivity index (χ0n) is 16.8. The van der Waals surface area contributed by atoms with Crippen LogP contribution in [0.2, 0.25) is 0 Å². The molecule has 0 radical (unpaired) electrons. The van der Waals surface area contributed by atoms with Crippen molar-refractivity contribution < 1.29 is 33.0 Å². The van der Waals surface area contributed by atoms with Crippen molar-refractivity contribution in [2.75, 3.05) is 6.79 Å².